The summed E-state index contributed by atoms with van der Waals surface area (Å²) in [6.07, 6.45) is 6.64. The van der Waals surface area contributed by atoms with Crippen molar-refractivity contribution in [3.63, 3.8) is 0 Å². The van der Waals surface area contributed by atoms with Gasteiger partial charge in [-0.05, 0) is 37.3 Å². The first-order valence-corrected chi connectivity index (χ1v) is 13.6. The predicted molar refractivity (Wildman–Crippen MR) is 149 cm³/mol. The number of nitrogens with zero attached hydrogens (tertiary/aromatic N) is 4. The molecule has 3 rings (SSSR count). The van der Waals surface area contributed by atoms with Gasteiger partial charge in [-0.25, -0.2) is 13.4 Å². The van der Waals surface area contributed by atoms with Crippen molar-refractivity contribution in [2.45, 2.75) is 25.7 Å². The van der Waals surface area contributed by atoms with E-state index < -0.39 is 15.6 Å². The molecule has 9 nitrogen and oxygen atoms in total. The number of anilines is 2. The fourth-order valence-electron chi connectivity index (χ4n) is 3.58. The minimum absolute atomic E-state index is 0.141. The second-order valence-corrected chi connectivity index (χ2v) is 10.2. The van der Waals surface area contributed by atoms with E-state index in [-0.39, 0.29) is 27.1 Å². The Morgan fingerprint density at radius 2 is 1.97 bits per heavy atom. The minimum atomic E-state index is -3.64. The number of halogens is 2. The van der Waals surface area contributed by atoms with Crippen LogP contribution in [0.4, 0.5) is 11.6 Å². The molecule has 0 aliphatic carbocycles. The maximum absolute atomic E-state index is 13.2. The Morgan fingerprint density at radius 3 is 2.59 bits per heavy atom. The van der Waals surface area contributed by atoms with Gasteiger partial charge in [-0.1, -0.05) is 55.3 Å². The van der Waals surface area contributed by atoms with Crippen molar-refractivity contribution < 1.29 is 13.3 Å². The summed E-state index contributed by atoms with van der Waals surface area (Å²) in [6.45, 7) is 6.12. The smallest absolute Gasteiger partial charge is 0.293 e. The summed E-state index contributed by atoms with van der Waals surface area (Å²) >= 11 is 12.4. The number of sulfonamides is 1. The van der Waals surface area contributed by atoms with Crippen LogP contribution in [0.5, 0.6) is 0 Å². The summed E-state index contributed by atoms with van der Waals surface area (Å²) in [5.74, 6) is 0.141. The number of benzene rings is 1. The lowest BCUT2D eigenvalue weighted by Gasteiger charge is -2.19. The molecule has 0 spiro atoms. The van der Waals surface area contributed by atoms with Crippen molar-refractivity contribution in [1.82, 2.24) is 19.0 Å². The number of hydrogen-bond donors (Lipinski definition) is 1. The van der Waals surface area contributed by atoms with Gasteiger partial charge in [-0.15, -0.1) is 4.73 Å². The highest BCUT2D eigenvalue weighted by atomic mass is 35.5. The maximum atomic E-state index is 13.2. The molecule has 196 valence electrons. The molecule has 2 aromatic heterocycles. The van der Waals surface area contributed by atoms with Gasteiger partial charge in [0.1, 0.15) is 7.11 Å². The predicted octanol–water partition coefficient (Wildman–Crippen LogP) is 4.90. The largest absolute Gasteiger partial charge is 0.412 e. The molecule has 12 heteroatoms. The second-order valence-electron chi connectivity index (χ2n) is 7.62. The number of allylic oxidation sites excluding steroid dienone is 5. The average molecular weight is 564 g/mol. The summed E-state index contributed by atoms with van der Waals surface area (Å²) in [5.41, 5.74) is 1.88. The first-order valence-electron chi connectivity index (χ1n) is 11.4. The molecular formula is C25H27Cl2N5O4S. The molecule has 1 N–H and O–H groups in total. The van der Waals surface area contributed by atoms with E-state index in [1.54, 1.807) is 50.3 Å². The molecule has 0 aliphatic rings. The van der Waals surface area contributed by atoms with Crippen LogP contribution in [0.2, 0.25) is 0 Å². The second kappa shape index (κ2) is 12.4. The minimum Gasteiger partial charge on any atom is -0.412 e. The fourth-order valence-corrected chi connectivity index (χ4v) is 5.60. The van der Waals surface area contributed by atoms with Crippen molar-refractivity contribution >= 4 is 61.5 Å². The lowest BCUT2D eigenvalue weighted by molar-refractivity contribution is 0.167. The number of fused-ring (bicyclic) bond motifs is 1. The molecule has 0 amide bonds. The summed E-state index contributed by atoms with van der Waals surface area (Å²) in [6, 6.07) is 7.93. The van der Waals surface area contributed by atoms with Gasteiger partial charge >= 0.3 is 0 Å². The van der Waals surface area contributed by atoms with Crippen LogP contribution in [-0.4, -0.2) is 47.6 Å². The summed E-state index contributed by atoms with van der Waals surface area (Å²) in [7, 11) is -2.31. The summed E-state index contributed by atoms with van der Waals surface area (Å²) in [5, 5.41) is 3.76. The molecule has 1 aromatic carbocycles. The third kappa shape index (κ3) is 6.04. The van der Waals surface area contributed by atoms with E-state index in [9.17, 15) is 13.2 Å². The molecule has 0 fully saturated rings. The van der Waals surface area contributed by atoms with Crippen LogP contribution >= 0.6 is 23.2 Å². The molecule has 0 aliphatic heterocycles. The Bertz CT molecular complexity index is 1540. The van der Waals surface area contributed by atoms with Crippen LogP contribution in [0, 0.1) is 0 Å². The number of nitrogens with one attached hydrogen (secondary N) is 1. The monoisotopic (exact) mass is 563 g/mol. The van der Waals surface area contributed by atoms with Crippen molar-refractivity contribution in [3.05, 3.63) is 81.2 Å². The van der Waals surface area contributed by atoms with E-state index in [0.29, 0.717) is 29.7 Å². The Morgan fingerprint density at radius 1 is 1.24 bits per heavy atom. The Hall–Kier alpha value is -3.18. The molecule has 37 heavy (non-hydrogen) atoms. The Labute approximate surface area is 225 Å². The molecule has 0 unspecified atom stereocenters. The summed E-state index contributed by atoms with van der Waals surface area (Å²) in [4.78, 5) is 27.4. The quantitative estimate of drug-likeness (QED) is 0.349. The van der Waals surface area contributed by atoms with Gasteiger partial charge in [0.25, 0.3) is 5.56 Å². The molecule has 2 heterocycles. The van der Waals surface area contributed by atoms with Crippen LogP contribution in [0.15, 0.2) is 75.0 Å². The van der Waals surface area contributed by atoms with Gasteiger partial charge in [0.05, 0.1) is 10.5 Å². The summed E-state index contributed by atoms with van der Waals surface area (Å²) < 4.78 is 28.2. The van der Waals surface area contributed by atoms with Crippen molar-refractivity contribution in [3.8, 4) is 0 Å². The highest BCUT2D eigenvalue weighted by Gasteiger charge is 2.22. The number of rotatable bonds is 10. The van der Waals surface area contributed by atoms with Crippen molar-refractivity contribution in [1.29, 1.82) is 0 Å². The number of aromatic nitrogens is 3. The highest BCUT2D eigenvalue weighted by Crippen LogP contribution is 2.27. The molecule has 0 radical (unpaired) electrons. The van der Waals surface area contributed by atoms with Crippen LogP contribution in [0.3, 0.4) is 0 Å². The van der Waals surface area contributed by atoms with Crippen LogP contribution in [-0.2, 0) is 10.0 Å². The van der Waals surface area contributed by atoms with Gasteiger partial charge < -0.3 is 10.2 Å². The van der Waals surface area contributed by atoms with E-state index in [1.807, 2.05) is 6.92 Å². The molecular weight excluding hydrogens is 537 g/mol. The van der Waals surface area contributed by atoms with Crippen LogP contribution in [0.1, 0.15) is 26.3 Å². The third-order valence-corrected chi connectivity index (χ3v) is 8.00. The SMILES string of the molecule is C\C=C/C=C(Cl)\C(=C\Cl)c1cc2cnc(Nc3cccc(S(=O)(=O)N(CC)CC)c3)nc2n(OC)c1=O. The van der Waals surface area contributed by atoms with E-state index in [1.165, 1.54) is 35.3 Å². The zero-order chi connectivity index (χ0) is 27.2. The Balaban J connectivity index is 2.05. The van der Waals surface area contributed by atoms with Crippen LogP contribution in [0.25, 0.3) is 16.6 Å². The van der Waals surface area contributed by atoms with E-state index in [0.717, 1.165) is 4.73 Å². The van der Waals surface area contributed by atoms with E-state index in [4.69, 9.17) is 28.0 Å². The number of pyridine rings is 1. The first kappa shape index (κ1) is 28.4. The average Bonchev–Trinajstić information content (AvgIpc) is 2.89. The fraction of sp³-hybridized carbons (Fsp3) is 0.240. The normalized spacial score (nSPS) is 13.1. The van der Waals surface area contributed by atoms with Gasteiger partial charge in [0, 0.05) is 46.5 Å². The van der Waals surface area contributed by atoms with Gasteiger partial charge in [0.2, 0.25) is 16.0 Å². The van der Waals surface area contributed by atoms with Gasteiger partial charge in [-0.2, -0.15) is 9.29 Å². The Kier molecular flexibility index (Phi) is 9.50. The highest BCUT2D eigenvalue weighted by molar-refractivity contribution is 7.89. The van der Waals surface area contributed by atoms with E-state index in [2.05, 4.69) is 15.3 Å². The zero-order valence-corrected chi connectivity index (χ0v) is 23.1. The van der Waals surface area contributed by atoms with Crippen LogP contribution < -0.4 is 15.7 Å². The first-order chi connectivity index (χ1) is 17.7. The molecule has 0 saturated heterocycles. The third-order valence-electron chi connectivity index (χ3n) is 5.41. The molecule has 3 aromatic rings. The lowest BCUT2D eigenvalue weighted by atomic mass is 10.1. The standard InChI is InChI=1S/C25H27Cl2N5O4S/c1-5-8-12-22(27)21(15-26)20-13-17-16-28-25(30-23(17)32(36-4)24(20)33)29-18-10-9-11-19(14-18)37(34,35)31(6-2)7-3/h5,8-16H,6-7H2,1-4H3,(H,28,29,30)/b8-5-,21-15+,22-12+. The molecule has 0 bridgehead atoms. The topological polar surface area (TPSA) is 106 Å². The van der Waals surface area contributed by atoms with Crippen molar-refractivity contribution in [2.24, 2.45) is 0 Å². The van der Waals surface area contributed by atoms with E-state index >= 15 is 0 Å². The van der Waals surface area contributed by atoms with Gasteiger partial charge in [0.15, 0.2) is 5.65 Å². The zero-order valence-electron chi connectivity index (χ0n) is 20.8. The van der Waals surface area contributed by atoms with Crippen molar-refractivity contribution in [2.75, 3.05) is 25.5 Å². The van der Waals surface area contributed by atoms with Gasteiger partial charge in [-0.3, -0.25) is 4.79 Å². The molecule has 0 atom stereocenters. The maximum Gasteiger partial charge on any atom is 0.293 e. The lowest BCUT2D eigenvalue weighted by Crippen LogP contribution is -2.30. The molecule has 0 saturated carbocycles. The number of hydrogen-bond acceptors (Lipinski definition) is 7.